The predicted octanol–water partition coefficient (Wildman–Crippen LogP) is 1.49. The average Bonchev–Trinajstić information content (AvgIpc) is 2.46. The van der Waals surface area contributed by atoms with Gasteiger partial charge in [0.15, 0.2) is 5.82 Å². The van der Waals surface area contributed by atoms with Crippen LogP contribution in [0.25, 0.3) is 0 Å². The van der Waals surface area contributed by atoms with Crippen molar-refractivity contribution in [1.29, 1.82) is 0 Å². The van der Waals surface area contributed by atoms with Crippen LogP contribution in [-0.2, 0) is 0 Å². The lowest BCUT2D eigenvalue weighted by atomic mass is 10.2. The molecular formula is C12H13BrN6O2. The van der Waals surface area contributed by atoms with Crippen molar-refractivity contribution < 1.29 is 9.53 Å². The topological polar surface area (TPSA) is 115 Å². The van der Waals surface area contributed by atoms with Crippen LogP contribution >= 0.6 is 15.9 Å². The third kappa shape index (κ3) is 3.64. The Labute approximate surface area is 129 Å². The Morgan fingerprint density at radius 1 is 1.38 bits per heavy atom. The molecule has 0 aromatic carbocycles. The maximum absolute atomic E-state index is 12.3. The van der Waals surface area contributed by atoms with Gasteiger partial charge in [0.2, 0.25) is 11.8 Å². The van der Waals surface area contributed by atoms with Gasteiger partial charge in [-0.05, 0) is 28.9 Å². The van der Waals surface area contributed by atoms with Crippen LogP contribution in [-0.4, -0.2) is 28.0 Å². The third-order valence-electron chi connectivity index (χ3n) is 2.50. The number of carbonyl (C=O) groups is 1. The number of amides is 1. The highest BCUT2D eigenvalue weighted by Crippen LogP contribution is 2.19. The maximum atomic E-state index is 12.3. The number of nitrogens with one attached hydrogen (secondary N) is 2. The molecule has 1 amide bonds. The molecule has 2 rings (SSSR count). The minimum absolute atomic E-state index is 0.139. The molecular weight excluding hydrogens is 340 g/mol. The van der Waals surface area contributed by atoms with E-state index in [0.29, 0.717) is 16.0 Å². The zero-order valence-corrected chi connectivity index (χ0v) is 12.9. The van der Waals surface area contributed by atoms with Crippen LogP contribution < -0.4 is 21.3 Å². The van der Waals surface area contributed by atoms with Gasteiger partial charge in [0.1, 0.15) is 0 Å². The van der Waals surface area contributed by atoms with Crippen LogP contribution in [0.2, 0.25) is 0 Å². The number of carbonyl (C=O) groups excluding carboxylic acids is 1. The second-order valence-electron chi connectivity index (χ2n) is 4.02. The molecule has 2 aromatic heterocycles. The summed E-state index contributed by atoms with van der Waals surface area (Å²) in [5.41, 5.74) is 3.29. The highest BCUT2D eigenvalue weighted by molar-refractivity contribution is 9.10. The Morgan fingerprint density at radius 3 is 2.81 bits per heavy atom. The number of pyridine rings is 1. The van der Waals surface area contributed by atoms with E-state index in [1.165, 1.54) is 13.3 Å². The lowest BCUT2D eigenvalue weighted by molar-refractivity contribution is 0.102. The fourth-order valence-corrected chi connectivity index (χ4v) is 1.93. The Morgan fingerprint density at radius 2 is 2.14 bits per heavy atom. The molecule has 9 heteroatoms. The number of halogens is 1. The smallest absolute Gasteiger partial charge is 0.261 e. The largest absolute Gasteiger partial charge is 0.481 e. The van der Waals surface area contributed by atoms with Gasteiger partial charge in [0.05, 0.1) is 12.7 Å². The number of nitrogens with two attached hydrogens (primary N) is 1. The van der Waals surface area contributed by atoms with Gasteiger partial charge in [0, 0.05) is 22.4 Å². The Bertz CT molecular complexity index is 679. The Kier molecular flexibility index (Phi) is 4.66. The first-order chi connectivity index (χ1) is 10.0. The lowest BCUT2D eigenvalue weighted by Gasteiger charge is -2.09. The SMILES string of the molecule is COc1cc(C)nc(NC(=O)c2cc(Br)cnc2NN)n1. The normalized spacial score (nSPS) is 10.1. The molecule has 0 bridgehead atoms. The van der Waals surface area contributed by atoms with E-state index in [1.807, 2.05) is 0 Å². The first-order valence-corrected chi connectivity index (χ1v) is 6.66. The molecule has 8 nitrogen and oxygen atoms in total. The van der Waals surface area contributed by atoms with Crippen molar-refractivity contribution in [1.82, 2.24) is 15.0 Å². The van der Waals surface area contributed by atoms with Crippen molar-refractivity contribution in [2.45, 2.75) is 6.92 Å². The van der Waals surface area contributed by atoms with Crippen molar-refractivity contribution in [3.05, 3.63) is 34.1 Å². The second kappa shape index (κ2) is 6.46. The first kappa shape index (κ1) is 15.1. The fourth-order valence-electron chi connectivity index (χ4n) is 1.60. The monoisotopic (exact) mass is 352 g/mol. The zero-order chi connectivity index (χ0) is 15.4. The molecule has 2 heterocycles. The van der Waals surface area contributed by atoms with Crippen LogP contribution in [0, 0.1) is 6.92 Å². The average molecular weight is 353 g/mol. The second-order valence-corrected chi connectivity index (χ2v) is 4.94. The highest BCUT2D eigenvalue weighted by Gasteiger charge is 2.15. The number of rotatable bonds is 4. The van der Waals surface area contributed by atoms with Crippen LogP contribution in [0.1, 0.15) is 16.1 Å². The number of ether oxygens (including phenoxy) is 1. The van der Waals surface area contributed by atoms with E-state index >= 15 is 0 Å². The van der Waals surface area contributed by atoms with Crippen molar-refractivity contribution in [2.24, 2.45) is 5.84 Å². The van der Waals surface area contributed by atoms with E-state index in [9.17, 15) is 4.79 Å². The molecule has 0 fully saturated rings. The lowest BCUT2D eigenvalue weighted by Crippen LogP contribution is -2.19. The molecule has 0 radical (unpaired) electrons. The zero-order valence-electron chi connectivity index (χ0n) is 11.3. The van der Waals surface area contributed by atoms with Crippen LogP contribution in [0.3, 0.4) is 0 Å². The van der Waals surface area contributed by atoms with Gasteiger partial charge in [-0.15, -0.1) is 0 Å². The minimum Gasteiger partial charge on any atom is -0.481 e. The summed E-state index contributed by atoms with van der Waals surface area (Å²) < 4.78 is 5.68. The first-order valence-electron chi connectivity index (χ1n) is 5.86. The molecule has 0 aliphatic heterocycles. The fraction of sp³-hybridized carbons (Fsp3) is 0.167. The van der Waals surface area contributed by atoms with Gasteiger partial charge in [-0.1, -0.05) is 0 Å². The minimum atomic E-state index is -0.440. The molecule has 0 aliphatic rings. The quantitative estimate of drug-likeness (QED) is 0.563. The molecule has 0 unspecified atom stereocenters. The molecule has 0 spiro atoms. The van der Waals surface area contributed by atoms with Crippen molar-refractivity contribution in [2.75, 3.05) is 17.9 Å². The number of nitrogens with zero attached hydrogens (tertiary/aromatic N) is 3. The van der Waals surface area contributed by atoms with E-state index in [-0.39, 0.29) is 17.3 Å². The summed E-state index contributed by atoms with van der Waals surface area (Å²) in [7, 11) is 1.49. The van der Waals surface area contributed by atoms with Crippen LogP contribution in [0.4, 0.5) is 11.8 Å². The summed E-state index contributed by atoms with van der Waals surface area (Å²) in [5, 5.41) is 2.58. The van der Waals surface area contributed by atoms with Crippen LogP contribution in [0.5, 0.6) is 5.88 Å². The van der Waals surface area contributed by atoms with Gasteiger partial charge in [-0.2, -0.15) is 4.98 Å². The standard InChI is InChI=1S/C12H13BrN6O2/c1-6-3-9(21-2)17-12(16-6)18-11(20)8-4-7(13)5-15-10(8)19-14/h3-5H,14H2,1-2H3,(H,15,19)(H,16,17,18,20). The van der Waals surface area contributed by atoms with Gasteiger partial charge >= 0.3 is 0 Å². The summed E-state index contributed by atoms with van der Waals surface area (Å²) in [6.45, 7) is 1.77. The van der Waals surface area contributed by atoms with E-state index in [4.69, 9.17) is 10.6 Å². The van der Waals surface area contributed by atoms with E-state index in [1.54, 1.807) is 19.1 Å². The highest BCUT2D eigenvalue weighted by atomic mass is 79.9. The van der Waals surface area contributed by atoms with Crippen molar-refractivity contribution in [3.63, 3.8) is 0 Å². The molecule has 0 aliphatic carbocycles. The number of nitrogen functional groups attached to an aromatic ring is 1. The van der Waals surface area contributed by atoms with Gasteiger partial charge < -0.3 is 10.2 Å². The van der Waals surface area contributed by atoms with Crippen LogP contribution in [0.15, 0.2) is 22.8 Å². The number of hydrogen-bond acceptors (Lipinski definition) is 7. The number of methoxy groups -OCH3 is 1. The van der Waals surface area contributed by atoms with Crippen molar-refractivity contribution >= 4 is 33.6 Å². The number of hydrazine groups is 1. The van der Waals surface area contributed by atoms with E-state index < -0.39 is 5.91 Å². The summed E-state index contributed by atoms with van der Waals surface area (Å²) in [6, 6.07) is 3.24. The summed E-state index contributed by atoms with van der Waals surface area (Å²) in [6.07, 6.45) is 1.53. The molecule has 0 saturated heterocycles. The Hall–Kier alpha value is -2.26. The van der Waals surface area contributed by atoms with Gasteiger partial charge in [0.25, 0.3) is 5.91 Å². The summed E-state index contributed by atoms with van der Waals surface area (Å²) >= 11 is 3.25. The predicted molar refractivity (Wildman–Crippen MR) is 81.0 cm³/mol. The maximum Gasteiger partial charge on any atom is 0.261 e. The van der Waals surface area contributed by atoms with Gasteiger partial charge in [-0.3, -0.25) is 10.1 Å². The number of aryl methyl sites for hydroxylation is 1. The number of aromatic nitrogens is 3. The van der Waals surface area contributed by atoms with E-state index in [0.717, 1.165) is 0 Å². The number of anilines is 2. The molecule has 0 atom stereocenters. The van der Waals surface area contributed by atoms with Crippen molar-refractivity contribution in [3.8, 4) is 5.88 Å². The third-order valence-corrected chi connectivity index (χ3v) is 2.93. The van der Waals surface area contributed by atoms with Gasteiger partial charge in [-0.25, -0.2) is 15.8 Å². The molecule has 110 valence electrons. The molecule has 4 N–H and O–H groups in total. The molecule has 21 heavy (non-hydrogen) atoms. The van der Waals surface area contributed by atoms with E-state index in [2.05, 4.69) is 41.6 Å². The Balaban J connectivity index is 2.30. The number of hydrogen-bond donors (Lipinski definition) is 3. The molecule has 0 saturated carbocycles. The molecule has 2 aromatic rings. The summed E-state index contributed by atoms with van der Waals surface area (Å²) in [4.78, 5) is 24.4. The summed E-state index contributed by atoms with van der Waals surface area (Å²) in [5.74, 6) is 5.65.